The van der Waals surface area contributed by atoms with Crippen molar-refractivity contribution < 1.29 is 9.53 Å². The van der Waals surface area contributed by atoms with Crippen molar-refractivity contribution in [3.8, 4) is 5.75 Å². The Labute approximate surface area is 166 Å². The molecule has 0 saturated heterocycles. The molecule has 0 aliphatic heterocycles. The van der Waals surface area contributed by atoms with Crippen molar-refractivity contribution in [1.82, 2.24) is 4.98 Å². The van der Waals surface area contributed by atoms with E-state index in [2.05, 4.69) is 11.9 Å². The van der Waals surface area contributed by atoms with Crippen molar-refractivity contribution in [3.05, 3.63) is 24.0 Å². The molecule has 1 heterocycles. The molecular formula is C24H39NO2. The molecule has 27 heavy (non-hydrogen) atoms. The fourth-order valence-corrected chi connectivity index (χ4v) is 4.14. The number of hydrogen-bond donors (Lipinski definition) is 0. The monoisotopic (exact) mass is 373 g/mol. The van der Waals surface area contributed by atoms with Gasteiger partial charge in [-0.2, -0.15) is 0 Å². The van der Waals surface area contributed by atoms with Gasteiger partial charge in [-0.1, -0.05) is 71.1 Å². The zero-order valence-electron chi connectivity index (χ0n) is 17.5. The van der Waals surface area contributed by atoms with E-state index in [9.17, 15) is 4.79 Å². The first kappa shape index (κ1) is 21.9. The number of hydrogen-bond acceptors (Lipinski definition) is 3. The molecule has 0 aromatic carbocycles. The number of aryl methyl sites for hydroxylation is 1. The fourth-order valence-electron chi connectivity index (χ4n) is 4.14. The number of ether oxygens (including phenoxy) is 1. The Bertz CT molecular complexity index is 518. The van der Waals surface area contributed by atoms with Gasteiger partial charge in [0.25, 0.3) is 0 Å². The predicted octanol–water partition coefficient (Wildman–Crippen LogP) is 7.02. The number of pyridine rings is 1. The average Bonchev–Trinajstić information content (AvgIpc) is 2.69. The number of esters is 1. The van der Waals surface area contributed by atoms with E-state index in [1.165, 1.54) is 77.0 Å². The smallest absolute Gasteiger partial charge is 0.314 e. The fraction of sp³-hybridized carbons (Fsp3) is 0.750. The second-order valence-electron chi connectivity index (χ2n) is 8.39. The Hall–Kier alpha value is -1.38. The molecule has 1 aromatic rings. The second kappa shape index (κ2) is 12.9. The van der Waals surface area contributed by atoms with Gasteiger partial charge in [0.15, 0.2) is 0 Å². The SMILES string of the molecule is CCCCCCCCCCCC1CCC(C(=O)Oc2ccc(C)nc2)CC1. The van der Waals surface area contributed by atoms with Gasteiger partial charge < -0.3 is 4.74 Å². The summed E-state index contributed by atoms with van der Waals surface area (Å²) >= 11 is 0. The molecule has 3 nitrogen and oxygen atoms in total. The quantitative estimate of drug-likeness (QED) is 0.292. The van der Waals surface area contributed by atoms with Crippen LogP contribution in [0.4, 0.5) is 0 Å². The predicted molar refractivity (Wildman–Crippen MR) is 112 cm³/mol. The highest BCUT2D eigenvalue weighted by atomic mass is 16.5. The number of nitrogens with zero attached hydrogens (tertiary/aromatic N) is 1. The van der Waals surface area contributed by atoms with E-state index in [0.717, 1.165) is 24.5 Å². The molecule has 152 valence electrons. The molecule has 0 atom stereocenters. The van der Waals surface area contributed by atoms with Crippen molar-refractivity contribution in [2.45, 2.75) is 104 Å². The molecule has 0 radical (unpaired) electrons. The van der Waals surface area contributed by atoms with Crippen LogP contribution in [0.25, 0.3) is 0 Å². The summed E-state index contributed by atoms with van der Waals surface area (Å²) in [5.41, 5.74) is 0.937. The van der Waals surface area contributed by atoms with Crippen molar-refractivity contribution in [2.75, 3.05) is 0 Å². The van der Waals surface area contributed by atoms with Gasteiger partial charge in [0, 0.05) is 5.69 Å². The highest BCUT2D eigenvalue weighted by molar-refractivity contribution is 5.75. The third-order valence-electron chi connectivity index (χ3n) is 6.00. The lowest BCUT2D eigenvalue weighted by atomic mass is 9.80. The first-order valence-corrected chi connectivity index (χ1v) is 11.3. The minimum Gasteiger partial charge on any atom is -0.425 e. The molecule has 1 saturated carbocycles. The minimum atomic E-state index is -0.0674. The third-order valence-corrected chi connectivity index (χ3v) is 6.00. The maximum Gasteiger partial charge on any atom is 0.314 e. The summed E-state index contributed by atoms with van der Waals surface area (Å²) in [6.07, 6.45) is 19.9. The molecule has 0 bridgehead atoms. The van der Waals surface area contributed by atoms with Crippen LogP contribution in [0.2, 0.25) is 0 Å². The van der Waals surface area contributed by atoms with Crippen molar-refractivity contribution >= 4 is 5.97 Å². The van der Waals surface area contributed by atoms with Gasteiger partial charge in [-0.15, -0.1) is 0 Å². The van der Waals surface area contributed by atoms with E-state index in [1.807, 2.05) is 19.1 Å². The Balaban J connectivity index is 1.51. The maximum absolute atomic E-state index is 12.3. The van der Waals surface area contributed by atoms with Crippen LogP contribution in [0.1, 0.15) is 103 Å². The van der Waals surface area contributed by atoms with Crippen LogP contribution in [-0.2, 0) is 4.79 Å². The maximum atomic E-state index is 12.3. The topological polar surface area (TPSA) is 39.2 Å². The minimum absolute atomic E-state index is 0.0674. The Morgan fingerprint density at radius 3 is 2.19 bits per heavy atom. The van der Waals surface area contributed by atoms with Crippen molar-refractivity contribution in [2.24, 2.45) is 11.8 Å². The van der Waals surface area contributed by atoms with E-state index >= 15 is 0 Å². The number of unbranched alkanes of at least 4 members (excludes halogenated alkanes) is 8. The second-order valence-corrected chi connectivity index (χ2v) is 8.39. The van der Waals surface area contributed by atoms with Crippen LogP contribution in [0, 0.1) is 18.8 Å². The van der Waals surface area contributed by atoms with Crippen molar-refractivity contribution in [3.63, 3.8) is 0 Å². The standard InChI is InChI=1S/C24H39NO2/c1-3-4-5-6-7-8-9-10-11-12-21-14-16-22(17-15-21)24(26)27-23-18-13-20(2)25-19-23/h13,18-19,21-22H,3-12,14-17H2,1-2H3. The largest absolute Gasteiger partial charge is 0.425 e. The van der Waals surface area contributed by atoms with Crippen LogP contribution >= 0.6 is 0 Å². The summed E-state index contributed by atoms with van der Waals surface area (Å²) in [5, 5.41) is 0. The zero-order valence-corrected chi connectivity index (χ0v) is 17.5. The average molecular weight is 374 g/mol. The molecule has 1 aromatic heterocycles. The van der Waals surface area contributed by atoms with Gasteiger partial charge in [0.05, 0.1) is 12.1 Å². The van der Waals surface area contributed by atoms with Gasteiger partial charge >= 0.3 is 5.97 Å². The van der Waals surface area contributed by atoms with Gasteiger partial charge in [0.1, 0.15) is 5.75 Å². The number of rotatable bonds is 12. The molecule has 0 spiro atoms. The lowest BCUT2D eigenvalue weighted by Crippen LogP contribution is -2.25. The lowest BCUT2D eigenvalue weighted by molar-refractivity contribution is -0.140. The first-order chi connectivity index (χ1) is 13.2. The highest BCUT2D eigenvalue weighted by Crippen LogP contribution is 2.33. The van der Waals surface area contributed by atoms with Gasteiger partial charge in [-0.25, -0.2) is 0 Å². The third kappa shape index (κ3) is 8.90. The van der Waals surface area contributed by atoms with Gasteiger partial charge in [-0.3, -0.25) is 9.78 Å². The molecular weight excluding hydrogens is 334 g/mol. The molecule has 1 aliphatic rings. The van der Waals surface area contributed by atoms with E-state index in [-0.39, 0.29) is 11.9 Å². The van der Waals surface area contributed by atoms with Crippen molar-refractivity contribution in [1.29, 1.82) is 0 Å². The summed E-state index contributed by atoms with van der Waals surface area (Å²) in [4.78, 5) is 16.5. The van der Waals surface area contributed by atoms with E-state index in [4.69, 9.17) is 4.74 Å². The highest BCUT2D eigenvalue weighted by Gasteiger charge is 2.27. The van der Waals surface area contributed by atoms with Crippen LogP contribution in [-0.4, -0.2) is 11.0 Å². The van der Waals surface area contributed by atoms with E-state index in [0.29, 0.717) is 5.75 Å². The molecule has 0 unspecified atom stereocenters. The van der Waals surface area contributed by atoms with Gasteiger partial charge in [0.2, 0.25) is 0 Å². The number of carbonyl (C=O) groups is 1. The molecule has 1 fully saturated rings. The van der Waals surface area contributed by atoms with Crippen LogP contribution in [0.3, 0.4) is 0 Å². The normalized spacial score (nSPS) is 19.8. The van der Waals surface area contributed by atoms with E-state index < -0.39 is 0 Å². The van der Waals surface area contributed by atoms with Gasteiger partial charge in [-0.05, 0) is 50.7 Å². The Kier molecular flexibility index (Phi) is 10.5. The van der Waals surface area contributed by atoms with Crippen LogP contribution in [0.5, 0.6) is 5.75 Å². The number of carbonyl (C=O) groups excluding carboxylic acids is 1. The molecule has 1 aliphatic carbocycles. The van der Waals surface area contributed by atoms with Crippen LogP contribution in [0.15, 0.2) is 18.3 Å². The zero-order chi connectivity index (χ0) is 19.3. The summed E-state index contributed by atoms with van der Waals surface area (Å²) in [7, 11) is 0. The summed E-state index contributed by atoms with van der Waals surface area (Å²) < 4.78 is 5.50. The summed E-state index contributed by atoms with van der Waals surface area (Å²) in [5.74, 6) is 1.40. The summed E-state index contributed by atoms with van der Waals surface area (Å²) in [6, 6.07) is 3.71. The first-order valence-electron chi connectivity index (χ1n) is 11.3. The van der Waals surface area contributed by atoms with Crippen LogP contribution < -0.4 is 4.74 Å². The number of aromatic nitrogens is 1. The lowest BCUT2D eigenvalue weighted by Gasteiger charge is -2.27. The molecule has 3 heteroatoms. The summed E-state index contributed by atoms with van der Waals surface area (Å²) in [6.45, 7) is 4.21. The van der Waals surface area contributed by atoms with E-state index in [1.54, 1.807) is 6.20 Å². The Morgan fingerprint density at radius 1 is 0.963 bits per heavy atom. The molecule has 2 rings (SSSR count). The Morgan fingerprint density at radius 2 is 1.59 bits per heavy atom. The molecule has 0 amide bonds. The molecule has 0 N–H and O–H groups in total.